The van der Waals surface area contributed by atoms with Crippen LogP contribution in [0.15, 0.2) is 72.8 Å². The van der Waals surface area contributed by atoms with Crippen molar-refractivity contribution in [2.45, 2.75) is 58.0 Å². The van der Waals surface area contributed by atoms with E-state index in [0.717, 1.165) is 23.1 Å². The maximum atomic E-state index is 13.7. The number of hydrogen-bond acceptors (Lipinski definition) is 3. The van der Waals surface area contributed by atoms with Crippen LogP contribution in [-0.4, -0.2) is 34.6 Å². The van der Waals surface area contributed by atoms with Crippen molar-refractivity contribution in [2.75, 3.05) is 5.75 Å². The number of thioether (sulfide) groups is 1. The first-order chi connectivity index (χ1) is 17.8. The normalized spacial score (nSPS) is 12.6. The number of halogens is 2. The molecule has 0 aliphatic rings. The standard InChI is InChI=1S/C30H34Cl2N2O2S/c1-4-22(3)33-30(36)28(16-23-8-6-5-7-9-23)34(18-25-14-15-26(31)17-27(25)32)29(35)20-37-19-24-12-10-21(2)11-13-24/h5-15,17,22,28H,4,16,18-20H2,1-3H3,(H,33,36)/t22-,28-/m0/s1. The van der Waals surface area contributed by atoms with E-state index in [-0.39, 0.29) is 30.2 Å². The summed E-state index contributed by atoms with van der Waals surface area (Å²) in [6, 6.07) is 22.6. The molecule has 3 aromatic carbocycles. The Morgan fingerprint density at radius 1 is 0.973 bits per heavy atom. The van der Waals surface area contributed by atoms with E-state index in [9.17, 15) is 9.59 Å². The molecule has 0 aliphatic carbocycles. The molecular formula is C30H34Cl2N2O2S. The number of benzene rings is 3. The minimum absolute atomic E-state index is 0.00208. The summed E-state index contributed by atoms with van der Waals surface area (Å²) in [6.07, 6.45) is 1.20. The molecule has 37 heavy (non-hydrogen) atoms. The number of nitrogens with zero attached hydrogens (tertiary/aromatic N) is 1. The van der Waals surface area contributed by atoms with Gasteiger partial charge in [0.05, 0.1) is 5.75 Å². The van der Waals surface area contributed by atoms with Crippen LogP contribution in [0.3, 0.4) is 0 Å². The zero-order valence-electron chi connectivity index (χ0n) is 21.5. The molecule has 3 aromatic rings. The molecule has 4 nitrogen and oxygen atoms in total. The van der Waals surface area contributed by atoms with Crippen LogP contribution in [-0.2, 0) is 28.3 Å². The third kappa shape index (κ3) is 9.10. The maximum Gasteiger partial charge on any atom is 0.243 e. The first kappa shape index (κ1) is 29.1. The van der Waals surface area contributed by atoms with Crippen LogP contribution in [0.4, 0.5) is 0 Å². The summed E-state index contributed by atoms with van der Waals surface area (Å²) in [5, 5.41) is 4.08. The number of hydrogen-bond donors (Lipinski definition) is 1. The molecule has 3 rings (SSSR count). The molecule has 0 heterocycles. The Balaban J connectivity index is 1.88. The van der Waals surface area contributed by atoms with Crippen LogP contribution in [0.25, 0.3) is 0 Å². The van der Waals surface area contributed by atoms with Crippen molar-refractivity contribution in [2.24, 2.45) is 0 Å². The van der Waals surface area contributed by atoms with E-state index >= 15 is 0 Å². The Morgan fingerprint density at radius 2 is 1.68 bits per heavy atom. The van der Waals surface area contributed by atoms with Gasteiger partial charge in [0.1, 0.15) is 6.04 Å². The Bertz CT molecular complexity index is 1170. The van der Waals surface area contributed by atoms with Crippen molar-refractivity contribution in [3.63, 3.8) is 0 Å². The van der Waals surface area contributed by atoms with E-state index in [1.165, 1.54) is 5.56 Å². The molecule has 0 bridgehead atoms. The lowest BCUT2D eigenvalue weighted by molar-refractivity contribution is -0.139. The third-order valence-corrected chi connectivity index (χ3v) is 7.82. The quantitative estimate of drug-likeness (QED) is 0.259. The molecule has 2 amide bonds. The predicted octanol–water partition coefficient (Wildman–Crippen LogP) is 7.09. The molecule has 1 N–H and O–H groups in total. The highest BCUT2D eigenvalue weighted by molar-refractivity contribution is 7.99. The first-order valence-corrected chi connectivity index (χ1v) is 14.4. The summed E-state index contributed by atoms with van der Waals surface area (Å²) in [4.78, 5) is 28.9. The lowest BCUT2D eigenvalue weighted by Crippen LogP contribution is -2.52. The fourth-order valence-corrected chi connectivity index (χ4v) is 5.19. The summed E-state index contributed by atoms with van der Waals surface area (Å²) in [5.74, 6) is 0.689. The van der Waals surface area contributed by atoms with Crippen molar-refractivity contribution in [1.29, 1.82) is 0 Å². The van der Waals surface area contributed by atoms with E-state index < -0.39 is 6.04 Å². The molecule has 0 spiro atoms. The van der Waals surface area contributed by atoms with Crippen molar-refractivity contribution < 1.29 is 9.59 Å². The first-order valence-electron chi connectivity index (χ1n) is 12.5. The van der Waals surface area contributed by atoms with Crippen LogP contribution in [0.2, 0.25) is 10.0 Å². The number of amides is 2. The van der Waals surface area contributed by atoms with Gasteiger partial charge in [-0.15, -0.1) is 11.8 Å². The average Bonchev–Trinajstić information content (AvgIpc) is 2.88. The second-order valence-electron chi connectivity index (χ2n) is 9.26. The number of carbonyl (C=O) groups excluding carboxylic acids is 2. The second kappa shape index (κ2) is 14.5. The molecule has 196 valence electrons. The van der Waals surface area contributed by atoms with Gasteiger partial charge in [0, 0.05) is 34.8 Å². The van der Waals surface area contributed by atoms with Gasteiger partial charge in [-0.2, -0.15) is 0 Å². The van der Waals surface area contributed by atoms with Gasteiger partial charge in [-0.05, 0) is 49.1 Å². The number of carbonyl (C=O) groups is 2. The highest BCUT2D eigenvalue weighted by atomic mass is 35.5. The molecule has 0 aromatic heterocycles. The SMILES string of the molecule is CC[C@H](C)NC(=O)[C@H](Cc1ccccc1)N(Cc1ccc(Cl)cc1Cl)C(=O)CSCc1ccc(C)cc1. The number of nitrogens with one attached hydrogen (secondary N) is 1. The summed E-state index contributed by atoms with van der Waals surface area (Å²) >= 11 is 14.2. The highest BCUT2D eigenvalue weighted by Gasteiger charge is 2.31. The summed E-state index contributed by atoms with van der Waals surface area (Å²) < 4.78 is 0. The predicted molar refractivity (Wildman–Crippen MR) is 156 cm³/mol. The van der Waals surface area contributed by atoms with E-state index in [2.05, 4.69) is 36.5 Å². The molecule has 0 saturated heterocycles. The van der Waals surface area contributed by atoms with Gasteiger partial charge in [-0.1, -0.05) is 96.4 Å². The smallest absolute Gasteiger partial charge is 0.243 e. The third-order valence-electron chi connectivity index (χ3n) is 6.24. The molecule has 2 atom stereocenters. The molecule has 0 fully saturated rings. The molecule has 0 radical (unpaired) electrons. The van der Waals surface area contributed by atoms with Gasteiger partial charge < -0.3 is 10.2 Å². The van der Waals surface area contributed by atoms with Gasteiger partial charge in [0.2, 0.25) is 11.8 Å². The maximum absolute atomic E-state index is 13.7. The van der Waals surface area contributed by atoms with Crippen molar-refractivity contribution in [1.82, 2.24) is 10.2 Å². The van der Waals surface area contributed by atoms with Crippen LogP contribution in [0.5, 0.6) is 0 Å². The van der Waals surface area contributed by atoms with Crippen LogP contribution >= 0.6 is 35.0 Å². The zero-order valence-corrected chi connectivity index (χ0v) is 23.9. The van der Waals surface area contributed by atoms with Gasteiger partial charge in [-0.3, -0.25) is 9.59 Å². The summed E-state index contributed by atoms with van der Waals surface area (Å²) in [5.41, 5.74) is 4.09. The van der Waals surface area contributed by atoms with Crippen molar-refractivity contribution >= 4 is 46.8 Å². The summed E-state index contributed by atoms with van der Waals surface area (Å²) in [6.45, 7) is 6.26. The van der Waals surface area contributed by atoms with Gasteiger partial charge >= 0.3 is 0 Å². The highest BCUT2D eigenvalue weighted by Crippen LogP contribution is 2.25. The largest absolute Gasteiger partial charge is 0.352 e. The Labute approximate surface area is 234 Å². The lowest BCUT2D eigenvalue weighted by atomic mass is 10.0. The molecule has 0 saturated carbocycles. The van der Waals surface area contributed by atoms with Crippen molar-refractivity contribution in [3.8, 4) is 0 Å². The molecular weight excluding hydrogens is 523 g/mol. The second-order valence-corrected chi connectivity index (χ2v) is 11.1. The van der Waals surface area contributed by atoms with Crippen LogP contribution in [0.1, 0.15) is 42.5 Å². The van der Waals surface area contributed by atoms with E-state index in [4.69, 9.17) is 23.2 Å². The van der Waals surface area contributed by atoms with E-state index in [0.29, 0.717) is 22.2 Å². The molecule has 0 unspecified atom stereocenters. The Morgan fingerprint density at radius 3 is 2.32 bits per heavy atom. The fourth-order valence-electron chi connectivity index (χ4n) is 3.85. The number of aryl methyl sites for hydroxylation is 1. The molecule has 0 aliphatic heterocycles. The van der Waals surface area contributed by atoms with Crippen molar-refractivity contribution in [3.05, 3.63) is 105 Å². The minimum Gasteiger partial charge on any atom is -0.352 e. The van der Waals surface area contributed by atoms with Gasteiger partial charge in [0.15, 0.2) is 0 Å². The summed E-state index contributed by atoms with van der Waals surface area (Å²) in [7, 11) is 0. The van der Waals surface area contributed by atoms with Crippen LogP contribution in [0, 0.1) is 6.92 Å². The average molecular weight is 558 g/mol. The minimum atomic E-state index is -0.685. The Kier molecular flexibility index (Phi) is 11.4. The fraction of sp³-hybridized carbons (Fsp3) is 0.333. The topological polar surface area (TPSA) is 49.4 Å². The van der Waals surface area contributed by atoms with Gasteiger partial charge in [0.25, 0.3) is 0 Å². The Hall–Kier alpha value is -2.47. The monoisotopic (exact) mass is 556 g/mol. The molecule has 7 heteroatoms. The zero-order chi connectivity index (χ0) is 26.8. The lowest BCUT2D eigenvalue weighted by Gasteiger charge is -2.32. The number of rotatable bonds is 12. The van der Waals surface area contributed by atoms with Crippen LogP contribution < -0.4 is 5.32 Å². The van der Waals surface area contributed by atoms with E-state index in [1.807, 2.05) is 50.2 Å². The van der Waals surface area contributed by atoms with Gasteiger partial charge in [-0.25, -0.2) is 0 Å². The van der Waals surface area contributed by atoms with E-state index in [1.54, 1.807) is 28.8 Å².